The Labute approximate surface area is 143 Å². The molecule has 4 atom stereocenters. The zero-order valence-electron chi connectivity index (χ0n) is 13.6. The Morgan fingerprint density at radius 2 is 1.69 bits per heavy atom. The molecule has 2 bridgehead atoms. The first-order chi connectivity index (χ1) is 11.6. The summed E-state index contributed by atoms with van der Waals surface area (Å²) in [5.41, 5.74) is -6.00. The van der Waals surface area contributed by atoms with E-state index in [2.05, 4.69) is 0 Å². The van der Waals surface area contributed by atoms with Gasteiger partial charge in [0, 0.05) is 0 Å². The van der Waals surface area contributed by atoms with Gasteiger partial charge in [0.05, 0.1) is 0 Å². The number of fused-ring (bicyclic) bond motifs is 2. The molecule has 2 rings (SSSR count). The van der Waals surface area contributed by atoms with Crippen molar-refractivity contribution in [3.05, 3.63) is 0 Å². The van der Waals surface area contributed by atoms with Gasteiger partial charge >= 0.3 is 18.3 Å². The minimum absolute atomic E-state index is 0.0247. The van der Waals surface area contributed by atoms with Gasteiger partial charge in [-0.1, -0.05) is 0 Å². The number of aliphatic hydroxyl groups is 1. The molecule has 2 fully saturated rings. The molecule has 0 heterocycles. The zero-order valence-corrected chi connectivity index (χ0v) is 13.6. The van der Waals surface area contributed by atoms with Crippen molar-refractivity contribution >= 4 is 5.97 Å². The third-order valence-corrected chi connectivity index (χ3v) is 5.54. The van der Waals surface area contributed by atoms with E-state index >= 15 is 0 Å². The molecule has 0 amide bonds. The van der Waals surface area contributed by atoms with Crippen LogP contribution in [0.3, 0.4) is 0 Å². The predicted octanol–water partition coefficient (Wildman–Crippen LogP) is 4.24. The number of esters is 1. The Morgan fingerprint density at radius 1 is 1.15 bits per heavy atom. The second-order valence-electron chi connectivity index (χ2n) is 7.33. The van der Waals surface area contributed by atoms with Crippen LogP contribution in [0.5, 0.6) is 0 Å². The Hall–Kier alpha value is -1.13. The van der Waals surface area contributed by atoms with Crippen molar-refractivity contribution < 1.29 is 49.8 Å². The molecule has 0 aromatic heterocycles. The average Bonchev–Trinajstić information content (AvgIpc) is 2.91. The molecule has 0 aliphatic heterocycles. The minimum Gasteiger partial charge on any atom is -0.459 e. The molecule has 0 saturated heterocycles. The van der Waals surface area contributed by atoms with Gasteiger partial charge in [-0.25, -0.2) is 8.78 Å². The van der Waals surface area contributed by atoms with E-state index < -0.39 is 66.5 Å². The van der Waals surface area contributed by atoms with Gasteiger partial charge in [0.2, 0.25) is 6.43 Å². The van der Waals surface area contributed by atoms with Crippen LogP contribution < -0.4 is 0 Å². The van der Waals surface area contributed by atoms with E-state index in [1.54, 1.807) is 0 Å². The van der Waals surface area contributed by atoms with Gasteiger partial charge in [0.15, 0.2) is 0 Å². The molecule has 2 saturated carbocycles. The maximum atomic E-state index is 12.8. The number of hydrogen-bond acceptors (Lipinski definition) is 3. The van der Waals surface area contributed by atoms with Crippen molar-refractivity contribution in [2.75, 3.05) is 0 Å². The zero-order chi connectivity index (χ0) is 20.1. The van der Waals surface area contributed by atoms with Crippen LogP contribution >= 0.6 is 0 Å². The van der Waals surface area contributed by atoms with Gasteiger partial charge in [-0.15, -0.1) is 0 Å². The normalized spacial score (nSPS) is 32.3. The van der Waals surface area contributed by atoms with Crippen molar-refractivity contribution in [3.8, 4) is 0 Å². The molecule has 3 nitrogen and oxygen atoms in total. The lowest BCUT2D eigenvalue weighted by Crippen LogP contribution is -2.58. The highest BCUT2D eigenvalue weighted by atomic mass is 19.4. The molecule has 152 valence electrons. The van der Waals surface area contributed by atoms with Crippen LogP contribution in [-0.2, 0) is 9.53 Å². The third kappa shape index (κ3) is 3.77. The van der Waals surface area contributed by atoms with Crippen molar-refractivity contribution in [1.29, 1.82) is 0 Å². The van der Waals surface area contributed by atoms with Crippen molar-refractivity contribution in [3.63, 3.8) is 0 Å². The summed E-state index contributed by atoms with van der Waals surface area (Å²) < 4.78 is 106. The van der Waals surface area contributed by atoms with Gasteiger partial charge in [-0.3, -0.25) is 4.79 Å². The topological polar surface area (TPSA) is 46.5 Å². The van der Waals surface area contributed by atoms with Gasteiger partial charge in [-0.2, -0.15) is 26.3 Å². The molecule has 2 aliphatic rings. The van der Waals surface area contributed by atoms with Crippen molar-refractivity contribution in [1.82, 2.24) is 0 Å². The molecular weight excluding hydrogens is 380 g/mol. The van der Waals surface area contributed by atoms with Crippen LogP contribution in [0.4, 0.5) is 35.1 Å². The average molecular weight is 398 g/mol. The smallest absolute Gasteiger partial charge is 0.426 e. The Morgan fingerprint density at radius 3 is 2.08 bits per heavy atom. The second kappa shape index (κ2) is 6.49. The number of alkyl halides is 8. The first-order valence-corrected chi connectivity index (χ1v) is 7.95. The van der Waals surface area contributed by atoms with Crippen molar-refractivity contribution in [2.45, 2.75) is 69.0 Å². The van der Waals surface area contributed by atoms with E-state index in [4.69, 9.17) is 4.74 Å². The quantitative estimate of drug-likeness (QED) is 0.557. The van der Waals surface area contributed by atoms with Crippen LogP contribution in [0.25, 0.3) is 0 Å². The van der Waals surface area contributed by atoms with E-state index in [-0.39, 0.29) is 19.3 Å². The van der Waals surface area contributed by atoms with Gasteiger partial charge in [-0.05, 0) is 50.4 Å². The van der Waals surface area contributed by atoms with E-state index in [0.717, 1.165) is 0 Å². The molecular formula is C15H18F8O3. The number of halogens is 8. The fraction of sp³-hybridized carbons (Fsp3) is 0.933. The maximum absolute atomic E-state index is 12.8. The van der Waals surface area contributed by atoms with Gasteiger partial charge in [0.25, 0.3) is 5.60 Å². The summed E-state index contributed by atoms with van der Waals surface area (Å²) in [6, 6.07) is 0. The Bertz CT molecular complexity index is 530. The standard InChI is InChI=1S/C15H18F8O3/c1-12(26-11(24)4-10(16)17)5-7-2-9(12)3-8(7)6-13(25,14(18,19)20)15(21,22)23/h7-10,25H,2-6H2,1H3. The van der Waals surface area contributed by atoms with E-state index in [0.29, 0.717) is 0 Å². The van der Waals surface area contributed by atoms with E-state index in [9.17, 15) is 45.0 Å². The Kier molecular flexibility index (Phi) is 5.28. The van der Waals surface area contributed by atoms with Crippen LogP contribution in [0.15, 0.2) is 0 Å². The van der Waals surface area contributed by atoms with Gasteiger partial charge in [0.1, 0.15) is 12.0 Å². The van der Waals surface area contributed by atoms with Gasteiger partial charge < -0.3 is 9.84 Å². The highest BCUT2D eigenvalue weighted by Gasteiger charge is 2.71. The third-order valence-electron chi connectivity index (χ3n) is 5.54. The first-order valence-electron chi connectivity index (χ1n) is 7.95. The summed E-state index contributed by atoms with van der Waals surface area (Å²) in [5.74, 6) is -3.38. The Balaban J connectivity index is 2.07. The second-order valence-corrected chi connectivity index (χ2v) is 7.33. The molecule has 1 N–H and O–H groups in total. The molecule has 0 spiro atoms. The van der Waals surface area contributed by atoms with Crippen LogP contribution in [0.2, 0.25) is 0 Å². The SMILES string of the molecule is CC1(OC(=O)CC(F)F)CC2CC1CC2CC(O)(C(F)(F)F)C(F)(F)F. The molecule has 0 aromatic rings. The summed E-state index contributed by atoms with van der Waals surface area (Å²) in [6.07, 6.45) is -17.2. The molecule has 26 heavy (non-hydrogen) atoms. The lowest BCUT2D eigenvalue weighted by atomic mass is 9.75. The highest BCUT2D eigenvalue weighted by Crippen LogP contribution is 2.59. The van der Waals surface area contributed by atoms with E-state index in [1.807, 2.05) is 0 Å². The highest BCUT2D eigenvalue weighted by molar-refractivity contribution is 5.70. The lowest BCUT2D eigenvalue weighted by Gasteiger charge is -2.40. The molecule has 0 aromatic carbocycles. The summed E-state index contributed by atoms with van der Waals surface area (Å²) in [7, 11) is 0. The molecule has 4 unspecified atom stereocenters. The summed E-state index contributed by atoms with van der Waals surface area (Å²) in [6.45, 7) is 1.44. The summed E-state index contributed by atoms with van der Waals surface area (Å²) in [4.78, 5) is 11.4. The molecule has 11 heteroatoms. The fourth-order valence-corrected chi connectivity index (χ4v) is 4.22. The molecule has 2 aliphatic carbocycles. The number of ether oxygens (including phenoxy) is 1. The monoisotopic (exact) mass is 398 g/mol. The summed E-state index contributed by atoms with van der Waals surface area (Å²) >= 11 is 0. The van der Waals surface area contributed by atoms with Crippen LogP contribution in [-0.4, -0.2) is 41.1 Å². The summed E-state index contributed by atoms with van der Waals surface area (Å²) in [5, 5.41) is 9.33. The maximum Gasteiger partial charge on any atom is 0.426 e. The predicted molar refractivity (Wildman–Crippen MR) is 71.1 cm³/mol. The van der Waals surface area contributed by atoms with E-state index in [1.165, 1.54) is 6.92 Å². The first kappa shape index (κ1) is 21.2. The number of carbonyl (C=O) groups is 1. The van der Waals surface area contributed by atoms with Crippen molar-refractivity contribution in [2.24, 2.45) is 17.8 Å². The van der Waals surface area contributed by atoms with Crippen LogP contribution in [0.1, 0.15) is 39.0 Å². The van der Waals surface area contributed by atoms with Crippen LogP contribution in [0, 0.1) is 17.8 Å². The minimum atomic E-state index is -5.87. The number of carbonyl (C=O) groups excluding carboxylic acids is 1. The lowest BCUT2D eigenvalue weighted by molar-refractivity contribution is -0.373. The number of hydrogen-bond donors (Lipinski definition) is 1. The largest absolute Gasteiger partial charge is 0.459 e. The fourth-order valence-electron chi connectivity index (χ4n) is 4.22. The number of rotatable bonds is 5. The molecule has 0 radical (unpaired) electrons.